The fourth-order valence-electron chi connectivity index (χ4n) is 1.53. The van der Waals surface area contributed by atoms with Crippen LogP contribution in [-0.2, 0) is 16.0 Å². The molecule has 0 aromatic heterocycles. The lowest BCUT2D eigenvalue weighted by molar-refractivity contribution is -0.174. The number of phenolic OH excluding ortho intramolecular Hbond substituents is 1. The van der Waals surface area contributed by atoms with E-state index in [1.807, 2.05) is 0 Å². The number of phenols is 1. The summed E-state index contributed by atoms with van der Waals surface area (Å²) in [5, 5.41) is 19.7. The Kier molecular flexibility index (Phi) is 4.95. The zero-order valence-corrected chi connectivity index (χ0v) is 10.1. The highest BCUT2D eigenvalue weighted by Crippen LogP contribution is 2.17. The third-order valence-corrected chi connectivity index (χ3v) is 2.51. The predicted octanol–water partition coefficient (Wildman–Crippen LogP) is 1.31. The van der Waals surface area contributed by atoms with E-state index >= 15 is 0 Å². The Morgan fingerprint density at radius 2 is 1.95 bits per heavy atom. The van der Waals surface area contributed by atoms with Crippen molar-refractivity contribution in [1.82, 2.24) is 5.32 Å². The van der Waals surface area contributed by atoms with E-state index in [0.29, 0.717) is 5.56 Å². The van der Waals surface area contributed by atoms with Gasteiger partial charge in [0.1, 0.15) is 5.75 Å². The summed E-state index contributed by atoms with van der Waals surface area (Å²) in [5.41, 5.74) is 0.443. The summed E-state index contributed by atoms with van der Waals surface area (Å²) in [6, 6.07) is 5.70. The molecule has 1 aromatic rings. The molecule has 1 rings (SSSR count). The highest BCUT2D eigenvalue weighted by atomic mass is 19.4. The van der Waals surface area contributed by atoms with Crippen molar-refractivity contribution in [3.05, 3.63) is 29.8 Å². The molecule has 1 atom stereocenters. The number of halogens is 3. The van der Waals surface area contributed by atoms with Gasteiger partial charge in [-0.3, -0.25) is 9.59 Å². The normalized spacial score (nSPS) is 12.8. The van der Waals surface area contributed by atoms with Gasteiger partial charge in [-0.2, -0.15) is 13.2 Å². The molecule has 0 radical (unpaired) electrons. The van der Waals surface area contributed by atoms with Crippen molar-refractivity contribution in [1.29, 1.82) is 0 Å². The van der Waals surface area contributed by atoms with E-state index < -0.39 is 30.5 Å². The largest absolute Gasteiger partial charge is 0.508 e. The molecule has 3 N–H and O–H groups in total. The minimum Gasteiger partial charge on any atom is -0.508 e. The molecule has 0 heterocycles. The van der Waals surface area contributed by atoms with Crippen molar-refractivity contribution >= 4 is 11.9 Å². The second-order valence-electron chi connectivity index (χ2n) is 4.12. The van der Waals surface area contributed by atoms with Crippen LogP contribution >= 0.6 is 0 Å². The monoisotopic (exact) mass is 291 g/mol. The maximum atomic E-state index is 12.0. The summed E-state index contributed by atoms with van der Waals surface area (Å²) >= 11 is 0. The van der Waals surface area contributed by atoms with E-state index in [1.165, 1.54) is 29.6 Å². The van der Waals surface area contributed by atoms with E-state index in [1.54, 1.807) is 0 Å². The van der Waals surface area contributed by atoms with Crippen LogP contribution in [0.1, 0.15) is 5.56 Å². The fourth-order valence-corrected chi connectivity index (χ4v) is 1.53. The van der Waals surface area contributed by atoms with E-state index in [0.717, 1.165) is 0 Å². The molecular formula is C12H12F3NO4. The molecule has 0 saturated carbocycles. The SMILES string of the molecule is O=C(O)C(CNC(=O)C(F)(F)F)Cc1cccc(O)c1. The van der Waals surface area contributed by atoms with Crippen LogP contribution < -0.4 is 5.32 Å². The lowest BCUT2D eigenvalue weighted by atomic mass is 9.99. The Morgan fingerprint density at radius 3 is 2.45 bits per heavy atom. The lowest BCUT2D eigenvalue weighted by Crippen LogP contribution is -2.41. The summed E-state index contributed by atoms with van der Waals surface area (Å²) in [5.74, 6) is -4.82. The number of nitrogens with one attached hydrogen (secondary N) is 1. The first-order valence-corrected chi connectivity index (χ1v) is 5.56. The second kappa shape index (κ2) is 6.27. The lowest BCUT2D eigenvalue weighted by Gasteiger charge is -2.14. The van der Waals surface area contributed by atoms with Crippen molar-refractivity contribution in [3.63, 3.8) is 0 Å². The predicted molar refractivity (Wildman–Crippen MR) is 62.0 cm³/mol. The smallest absolute Gasteiger partial charge is 0.471 e. The van der Waals surface area contributed by atoms with Crippen molar-refractivity contribution < 1.29 is 33.0 Å². The van der Waals surface area contributed by atoms with E-state index in [9.17, 15) is 27.9 Å². The van der Waals surface area contributed by atoms with Gasteiger partial charge in [0.2, 0.25) is 0 Å². The number of amides is 1. The van der Waals surface area contributed by atoms with Crippen LogP contribution in [0.5, 0.6) is 5.75 Å². The Balaban J connectivity index is 2.67. The highest BCUT2D eigenvalue weighted by molar-refractivity contribution is 5.82. The highest BCUT2D eigenvalue weighted by Gasteiger charge is 2.39. The van der Waals surface area contributed by atoms with Gasteiger partial charge in [-0.25, -0.2) is 0 Å². The molecule has 0 aliphatic heterocycles. The zero-order valence-electron chi connectivity index (χ0n) is 10.1. The fraction of sp³-hybridized carbons (Fsp3) is 0.333. The molecule has 0 bridgehead atoms. The molecule has 1 aromatic carbocycles. The van der Waals surface area contributed by atoms with Gasteiger partial charge in [0.15, 0.2) is 0 Å². The Hall–Kier alpha value is -2.25. The number of carbonyl (C=O) groups excluding carboxylic acids is 1. The summed E-state index contributed by atoms with van der Waals surface area (Å²) in [6.45, 7) is -0.649. The van der Waals surface area contributed by atoms with Gasteiger partial charge in [-0.05, 0) is 24.1 Å². The number of aliphatic carboxylic acids is 1. The van der Waals surface area contributed by atoms with E-state index in [2.05, 4.69) is 0 Å². The van der Waals surface area contributed by atoms with E-state index in [4.69, 9.17) is 5.11 Å². The topological polar surface area (TPSA) is 86.6 Å². The van der Waals surface area contributed by atoms with Crippen molar-refractivity contribution in [2.24, 2.45) is 5.92 Å². The van der Waals surface area contributed by atoms with Crippen LogP contribution in [0.15, 0.2) is 24.3 Å². The van der Waals surface area contributed by atoms with Crippen molar-refractivity contribution in [3.8, 4) is 5.75 Å². The van der Waals surface area contributed by atoms with Crippen LogP contribution in [0.4, 0.5) is 13.2 Å². The summed E-state index contributed by atoms with van der Waals surface area (Å²) in [4.78, 5) is 21.6. The molecule has 8 heteroatoms. The second-order valence-corrected chi connectivity index (χ2v) is 4.12. The quantitative estimate of drug-likeness (QED) is 0.763. The molecule has 0 aliphatic rings. The molecule has 0 saturated heterocycles. The first-order chi connectivity index (χ1) is 9.20. The first-order valence-electron chi connectivity index (χ1n) is 5.56. The minimum absolute atomic E-state index is 0.0778. The van der Waals surface area contributed by atoms with Gasteiger partial charge in [-0.15, -0.1) is 0 Å². The molecule has 0 spiro atoms. The number of rotatable bonds is 5. The molecule has 5 nitrogen and oxygen atoms in total. The average Bonchev–Trinajstić information content (AvgIpc) is 2.32. The van der Waals surface area contributed by atoms with Crippen molar-refractivity contribution in [2.45, 2.75) is 12.6 Å². The average molecular weight is 291 g/mol. The molecule has 1 unspecified atom stereocenters. The molecular weight excluding hydrogens is 279 g/mol. The minimum atomic E-state index is -5.05. The number of carboxylic acids is 1. The Morgan fingerprint density at radius 1 is 1.30 bits per heavy atom. The number of benzene rings is 1. The number of carboxylic acid groups (broad SMARTS) is 1. The Bertz CT molecular complexity index is 502. The Labute approximate surface area is 112 Å². The third kappa shape index (κ3) is 4.79. The number of carbonyl (C=O) groups is 2. The summed E-state index contributed by atoms with van der Waals surface area (Å²) < 4.78 is 36.0. The van der Waals surface area contributed by atoms with Crippen LogP contribution in [0, 0.1) is 5.92 Å². The molecule has 20 heavy (non-hydrogen) atoms. The van der Waals surface area contributed by atoms with Gasteiger partial charge < -0.3 is 15.5 Å². The summed E-state index contributed by atoms with van der Waals surface area (Å²) in [7, 11) is 0. The zero-order chi connectivity index (χ0) is 15.3. The van der Waals surface area contributed by atoms with Gasteiger partial charge in [0.05, 0.1) is 5.92 Å². The van der Waals surface area contributed by atoms with Crippen LogP contribution in [0.2, 0.25) is 0 Å². The number of hydrogen-bond donors (Lipinski definition) is 3. The molecule has 0 fully saturated rings. The van der Waals surface area contributed by atoms with Gasteiger partial charge in [0, 0.05) is 6.54 Å². The van der Waals surface area contributed by atoms with Gasteiger partial charge >= 0.3 is 18.1 Å². The summed E-state index contributed by atoms with van der Waals surface area (Å²) in [6.07, 6.45) is -5.16. The molecule has 110 valence electrons. The van der Waals surface area contributed by atoms with Crippen LogP contribution in [-0.4, -0.2) is 34.8 Å². The van der Waals surface area contributed by atoms with Gasteiger partial charge in [0.25, 0.3) is 0 Å². The number of aromatic hydroxyl groups is 1. The maximum absolute atomic E-state index is 12.0. The third-order valence-electron chi connectivity index (χ3n) is 2.51. The standard InChI is InChI=1S/C12H12F3NO4/c13-12(14,15)11(20)16-6-8(10(18)19)4-7-2-1-3-9(17)5-7/h1-3,5,8,17H,4,6H2,(H,16,20)(H,18,19). The van der Waals surface area contributed by atoms with Gasteiger partial charge in [-0.1, -0.05) is 12.1 Å². The van der Waals surface area contributed by atoms with Crippen LogP contribution in [0.25, 0.3) is 0 Å². The van der Waals surface area contributed by atoms with E-state index in [-0.39, 0.29) is 12.2 Å². The molecule has 1 amide bonds. The van der Waals surface area contributed by atoms with Crippen molar-refractivity contribution in [2.75, 3.05) is 6.54 Å². The van der Waals surface area contributed by atoms with Crippen LogP contribution in [0.3, 0.4) is 0 Å². The number of alkyl halides is 3. The number of hydrogen-bond acceptors (Lipinski definition) is 3. The maximum Gasteiger partial charge on any atom is 0.471 e. The first kappa shape index (κ1) is 15.8. The molecule has 0 aliphatic carbocycles.